The Bertz CT molecular complexity index is 768. The quantitative estimate of drug-likeness (QED) is 0.917. The number of hydrogen-bond acceptors (Lipinski definition) is 5. The monoisotopic (exact) mass is 349 g/mol. The van der Waals surface area contributed by atoms with Crippen LogP contribution in [0.3, 0.4) is 0 Å². The highest BCUT2D eigenvalue weighted by atomic mass is 32.1. The summed E-state index contributed by atoms with van der Waals surface area (Å²) in [4.78, 5) is 30.6. The van der Waals surface area contributed by atoms with Gasteiger partial charge in [-0.3, -0.25) is 9.36 Å². The fourth-order valence-corrected chi connectivity index (χ4v) is 4.02. The van der Waals surface area contributed by atoms with Crippen LogP contribution in [-0.4, -0.2) is 43.6 Å². The maximum atomic E-state index is 12.6. The van der Waals surface area contributed by atoms with Crippen molar-refractivity contribution in [3.05, 3.63) is 32.4 Å². The summed E-state index contributed by atoms with van der Waals surface area (Å²) in [6, 6.07) is 0. The van der Waals surface area contributed by atoms with Crippen molar-refractivity contribution >= 4 is 17.2 Å². The van der Waals surface area contributed by atoms with E-state index in [0.717, 1.165) is 24.4 Å². The second-order valence-electron chi connectivity index (χ2n) is 6.43. The number of H-pyrrole nitrogens is 1. The smallest absolute Gasteiger partial charge is 0.337 e. The molecule has 0 aromatic carbocycles. The van der Waals surface area contributed by atoms with E-state index in [1.165, 1.54) is 11.3 Å². The molecule has 2 aromatic rings. The molecular weight excluding hydrogens is 326 g/mol. The Morgan fingerprint density at radius 2 is 2.12 bits per heavy atom. The summed E-state index contributed by atoms with van der Waals surface area (Å²) in [7, 11) is 0. The Morgan fingerprint density at radius 1 is 1.42 bits per heavy atom. The third kappa shape index (κ3) is 3.15. The zero-order chi connectivity index (χ0) is 17.3. The fourth-order valence-electron chi connectivity index (χ4n) is 3.07. The van der Waals surface area contributed by atoms with E-state index in [9.17, 15) is 9.59 Å². The molecular formula is C16H23N5O2S. The van der Waals surface area contributed by atoms with Crippen molar-refractivity contribution < 1.29 is 4.79 Å². The molecule has 1 aliphatic rings. The molecule has 130 valence electrons. The summed E-state index contributed by atoms with van der Waals surface area (Å²) in [6.07, 6.45) is 1.64. The van der Waals surface area contributed by atoms with Crippen LogP contribution >= 0.6 is 11.3 Å². The van der Waals surface area contributed by atoms with Crippen LogP contribution < -0.4 is 5.69 Å². The van der Waals surface area contributed by atoms with E-state index in [1.807, 2.05) is 17.2 Å². The van der Waals surface area contributed by atoms with Gasteiger partial charge in [0.05, 0.1) is 5.69 Å². The maximum absolute atomic E-state index is 12.6. The van der Waals surface area contributed by atoms with Crippen LogP contribution in [0.1, 0.15) is 66.8 Å². The lowest BCUT2D eigenvalue weighted by Crippen LogP contribution is -2.38. The minimum atomic E-state index is -0.157. The third-order valence-electron chi connectivity index (χ3n) is 4.55. The molecule has 7 nitrogen and oxygen atoms in total. The SMILES string of the molecule is CCn1c(C2CCN(C(=O)c3nc(C(C)C)cs3)CC2)n[nH]c1=O. The average Bonchev–Trinajstić information content (AvgIpc) is 3.21. The number of aromatic nitrogens is 4. The summed E-state index contributed by atoms with van der Waals surface area (Å²) < 4.78 is 1.68. The minimum absolute atomic E-state index is 0.0141. The van der Waals surface area contributed by atoms with Gasteiger partial charge in [0, 0.05) is 30.9 Å². The van der Waals surface area contributed by atoms with Gasteiger partial charge in [0.15, 0.2) is 5.01 Å². The number of amides is 1. The first-order chi connectivity index (χ1) is 11.5. The number of carbonyl (C=O) groups is 1. The van der Waals surface area contributed by atoms with Gasteiger partial charge in [0.1, 0.15) is 5.82 Å². The Kier molecular flexibility index (Phi) is 4.84. The number of carbonyl (C=O) groups excluding carboxylic acids is 1. The maximum Gasteiger partial charge on any atom is 0.343 e. The van der Waals surface area contributed by atoms with Crippen LogP contribution in [0.5, 0.6) is 0 Å². The molecule has 1 fully saturated rings. The number of thiazole rings is 1. The van der Waals surface area contributed by atoms with Gasteiger partial charge in [-0.2, -0.15) is 5.10 Å². The molecule has 2 aromatic heterocycles. The largest absolute Gasteiger partial charge is 0.343 e. The number of likely N-dealkylation sites (tertiary alicyclic amines) is 1. The van der Waals surface area contributed by atoms with Crippen molar-refractivity contribution in [2.24, 2.45) is 0 Å². The van der Waals surface area contributed by atoms with Gasteiger partial charge in [-0.1, -0.05) is 13.8 Å². The standard InChI is InChI=1S/C16H23N5O2S/c1-4-21-13(18-19-16(21)23)11-5-7-20(8-6-11)15(22)14-17-12(9-24-14)10(2)3/h9-11H,4-8H2,1-3H3,(H,19,23). The first-order valence-electron chi connectivity index (χ1n) is 8.41. The molecule has 1 aliphatic heterocycles. The molecule has 0 bridgehead atoms. The van der Waals surface area contributed by atoms with E-state index >= 15 is 0 Å². The van der Waals surface area contributed by atoms with Crippen molar-refractivity contribution in [1.82, 2.24) is 24.6 Å². The van der Waals surface area contributed by atoms with Crippen LogP contribution in [0, 0.1) is 0 Å². The molecule has 0 saturated carbocycles. The lowest BCUT2D eigenvalue weighted by molar-refractivity contribution is 0.0709. The highest BCUT2D eigenvalue weighted by Crippen LogP contribution is 2.27. The molecule has 3 heterocycles. The summed E-state index contributed by atoms with van der Waals surface area (Å²) in [6.45, 7) is 8.04. The molecule has 1 saturated heterocycles. The molecule has 3 rings (SSSR count). The summed E-state index contributed by atoms with van der Waals surface area (Å²) in [5.74, 6) is 1.38. The van der Waals surface area contributed by atoms with E-state index in [0.29, 0.717) is 30.6 Å². The second-order valence-corrected chi connectivity index (χ2v) is 7.29. The predicted molar refractivity (Wildman–Crippen MR) is 92.6 cm³/mol. The Morgan fingerprint density at radius 3 is 2.71 bits per heavy atom. The molecule has 8 heteroatoms. The van der Waals surface area contributed by atoms with Gasteiger partial charge in [0.2, 0.25) is 0 Å². The lowest BCUT2D eigenvalue weighted by atomic mass is 9.96. The minimum Gasteiger partial charge on any atom is -0.337 e. The van der Waals surface area contributed by atoms with Crippen LogP contribution in [-0.2, 0) is 6.54 Å². The molecule has 0 spiro atoms. The first kappa shape index (κ1) is 16.9. The Hall–Kier alpha value is -1.96. The second kappa shape index (κ2) is 6.88. The van der Waals surface area contributed by atoms with E-state index < -0.39 is 0 Å². The number of aromatic amines is 1. The highest BCUT2D eigenvalue weighted by Gasteiger charge is 2.29. The van der Waals surface area contributed by atoms with E-state index in [1.54, 1.807) is 4.57 Å². The number of rotatable bonds is 4. The molecule has 0 atom stereocenters. The molecule has 0 aliphatic carbocycles. The van der Waals surface area contributed by atoms with Gasteiger partial charge in [-0.25, -0.2) is 14.9 Å². The fraction of sp³-hybridized carbons (Fsp3) is 0.625. The van der Waals surface area contributed by atoms with Gasteiger partial charge < -0.3 is 4.90 Å². The van der Waals surface area contributed by atoms with Crippen LogP contribution in [0.4, 0.5) is 0 Å². The van der Waals surface area contributed by atoms with Crippen LogP contribution in [0.2, 0.25) is 0 Å². The van der Waals surface area contributed by atoms with Crippen molar-refractivity contribution in [3.8, 4) is 0 Å². The van der Waals surface area contributed by atoms with Crippen LogP contribution in [0.25, 0.3) is 0 Å². The number of hydrogen-bond donors (Lipinski definition) is 1. The molecule has 1 N–H and O–H groups in total. The topological polar surface area (TPSA) is 83.9 Å². The van der Waals surface area contributed by atoms with E-state index in [4.69, 9.17) is 0 Å². The van der Waals surface area contributed by atoms with Gasteiger partial charge in [-0.15, -0.1) is 11.3 Å². The first-order valence-corrected chi connectivity index (χ1v) is 9.29. The van der Waals surface area contributed by atoms with E-state index in [-0.39, 0.29) is 17.5 Å². The van der Waals surface area contributed by atoms with Crippen molar-refractivity contribution in [2.75, 3.05) is 13.1 Å². The zero-order valence-electron chi connectivity index (χ0n) is 14.3. The Labute approximate surface area is 144 Å². The Balaban J connectivity index is 1.66. The summed E-state index contributed by atoms with van der Waals surface area (Å²) >= 11 is 1.42. The number of nitrogens with one attached hydrogen (secondary N) is 1. The lowest BCUT2D eigenvalue weighted by Gasteiger charge is -2.31. The van der Waals surface area contributed by atoms with Crippen molar-refractivity contribution in [1.29, 1.82) is 0 Å². The molecule has 0 unspecified atom stereocenters. The summed E-state index contributed by atoms with van der Waals surface area (Å²) in [5, 5.41) is 9.24. The molecule has 24 heavy (non-hydrogen) atoms. The van der Waals surface area contributed by atoms with E-state index in [2.05, 4.69) is 29.0 Å². The number of piperidine rings is 1. The van der Waals surface area contributed by atoms with Gasteiger partial charge in [-0.05, 0) is 25.7 Å². The molecule has 0 radical (unpaired) electrons. The zero-order valence-corrected chi connectivity index (χ0v) is 15.1. The third-order valence-corrected chi connectivity index (χ3v) is 5.40. The normalized spacial score (nSPS) is 16.1. The van der Waals surface area contributed by atoms with Gasteiger partial charge >= 0.3 is 5.69 Å². The summed E-state index contributed by atoms with van der Waals surface area (Å²) in [5.41, 5.74) is 0.816. The van der Waals surface area contributed by atoms with Crippen LogP contribution in [0.15, 0.2) is 10.2 Å². The van der Waals surface area contributed by atoms with Crippen molar-refractivity contribution in [3.63, 3.8) is 0 Å². The highest BCUT2D eigenvalue weighted by molar-refractivity contribution is 7.11. The molecule has 1 amide bonds. The predicted octanol–water partition coefficient (Wildman–Crippen LogP) is 2.19. The van der Waals surface area contributed by atoms with Gasteiger partial charge in [0.25, 0.3) is 5.91 Å². The average molecular weight is 349 g/mol. The van der Waals surface area contributed by atoms with Crippen molar-refractivity contribution in [2.45, 2.75) is 52.0 Å². The number of nitrogens with zero attached hydrogens (tertiary/aromatic N) is 4.